The van der Waals surface area contributed by atoms with Gasteiger partial charge in [0, 0.05) is 11.4 Å². The third-order valence-corrected chi connectivity index (χ3v) is 3.49. The second-order valence-electron chi connectivity index (χ2n) is 3.43. The first-order valence-electron chi connectivity index (χ1n) is 4.73. The Morgan fingerprint density at radius 2 is 2.53 bits per heavy atom. The number of nitrogens with zero attached hydrogens (tertiary/aromatic N) is 2. The van der Waals surface area contributed by atoms with E-state index < -0.39 is 0 Å². The Hall–Kier alpha value is -1.40. The van der Waals surface area contributed by atoms with E-state index in [2.05, 4.69) is 26.9 Å². The molecular weight excluding hydrogens is 212 g/mol. The standard InChI is InChI=1S/C9H10N4OS/c10-9-12-8(14-13-9)7-5-2-4-15-6(5)1-3-11-7/h2,4,7,11H,1,3H2,(H2,10,13). The Bertz CT molecular complexity index is 478. The monoisotopic (exact) mass is 222 g/mol. The second-order valence-corrected chi connectivity index (χ2v) is 4.43. The molecule has 78 valence electrons. The third-order valence-electron chi connectivity index (χ3n) is 2.50. The van der Waals surface area contributed by atoms with Crippen molar-refractivity contribution in [3.8, 4) is 0 Å². The van der Waals surface area contributed by atoms with E-state index in [0.29, 0.717) is 5.89 Å². The van der Waals surface area contributed by atoms with E-state index in [4.69, 9.17) is 10.3 Å². The molecule has 1 atom stereocenters. The lowest BCUT2D eigenvalue weighted by atomic mass is 10.0. The van der Waals surface area contributed by atoms with Crippen LogP contribution in [0, 0.1) is 0 Å². The summed E-state index contributed by atoms with van der Waals surface area (Å²) >= 11 is 1.77. The molecular formula is C9H10N4OS. The largest absolute Gasteiger partial charge is 0.365 e. The third kappa shape index (κ3) is 1.42. The van der Waals surface area contributed by atoms with Gasteiger partial charge in [-0.3, -0.25) is 0 Å². The van der Waals surface area contributed by atoms with Crippen molar-refractivity contribution in [1.29, 1.82) is 0 Å². The molecule has 1 unspecified atom stereocenters. The van der Waals surface area contributed by atoms with Crippen molar-refractivity contribution in [2.75, 3.05) is 12.3 Å². The highest BCUT2D eigenvalue weighted by Gasteiger charge is 2.26. The number of nitrogens with one attached hydrogen (secondary N) is 1. The van der Waals surface area contributed by atoms with Gasteiger partial charge < -0.3 is 15.6 Å². The summed E-state index contributed by atoms with van der Waals surface area (Å²) in [4.78, 5) is 5.44. The Labute approximate surface area is 90.3 Å². The SMILES string of the molecule is Nc1noc(C2NCCc3sccc32)n1. The average molecular weight is 222 g/mol. The van der Waals surface area contributed by atoms with Gasteiger partial charge >= 0.3 is 0 Å². The van der Waals surface area contributed by atoms with Crippen molar-refractivity contribution in [2.45, 2.75) is 12.5 Å². The summed E-state index contributed by atoms with van der Waals surface area (Å²) in [6, 6.07) is 2.10. The van der Waals surface area contributed by atoms with Crippen LogP contribution < -0.4 is 11.1 Å². The fraction of sp³-hybridized carbons (Fsp3) is 0.333. The highest BCUT2D eigenvalue weighted by atomic mass is 32.1. The number of rotatable bonds is 1. The highest BCUT2D eigenvalue weighted by molar-refractivity contribution is 7.10. The summed E-state index contributed by atoms with van der Waals surface area (Å²) < 4.78 is 5.09. The Morgan fingerprint density at radius 1 is 1.60 bits per heavy atom. The number of nitrogen functional groups attached to an aromatic ring is 1. The lowest BCUT2D eigenvalue weighted by Gasteiger charge is -2.20. The number of thiophene rings is 1. The van der Waals surface area contributed by atoms with Crippen molar-refractivity contribution in [3.05, 3.63) is 27.8 Å². The molecule has 15 heavy (non-hydrogen) atoms. The van der Waals surface area contributed by atoms with Crippen LogP contribution in [0.25, 0.3) is 0 Å². The van der Waals surface area contributed by atoms with Gasteiger partial charge in [0.15, 0.2) is 0 Å². The van der Waals surface area contributed by atoms with E-state index in [1.54, 1.807) is 11.3 Å². The molecule has 0 saturated heterocycles. The minimum atomic E-state index is 0.00444. The van der Waals surface area contributed by atoms with Crippen LogP contribution >= 0.6 is 11.3 Å². The highest BCUT2D eigenvalue weighted by Crippen LogP contribution is 2.31. The van der Waals surface area contributed by atoms with Gasteiger partial charge in [-0.05, 0) is 28.6 Å². The van der Waals surface area contributed by atoms with E-state index in [-0.39, 0.29) is 12.0 Å². The number of fused-ring (bicyclic) bond motifs is 1. The van der Waals surface area contributed by atoms with Crippen LogP contribution in [-0.2, 0) is 6.42 Å². The van der Waals surface area contributed by atoms with Gasteiger partial charge in [0.1, 0.15) is 6.04 Å². The second kappa shape index (κ2) is 3.32. The zero-order valence-corrected chi connectivity index (χ0v) is 8.75. The van der Waals surface area contributed by atoms with E-state index in [1.807, 2.05) is 0 Å². The van der Waals surface area contributed by atoms with Crippen LogP contribution in [0.5, 0.6) is 0 Å². The first-order valence-corrected chi connectivity index (χ1v) is 5.61. The number of anilines is 1. The molecule has 3 heterocycles. The zero-order chi connectivity index (χ0) is 10.3. The van der Waals surface area contributed by atoms with Crippen LogP contribution in [0.15, 0.2) is 16.0 Å². The van der Waals surface area contributed by atoms with Crippen LogP contribution in [-0.4, -0.2) is 16.7 Å². The fourth-order valence-corrected chi connectivity index (χ4v) is 2.76. The molecule has 0 bridgehead atoms. The summed E-state index contributed by atoms with van der Waals surface area (Å²) in [7, 11) is 0. The summed E-state index contributed by atoms with van der Waals surface area (Å²) in [5.41, 5.74) is 6.67. The molecule has 1 aliphatic rings. The maximum Gasteiger partial charge on any atom is 0.260 e. The molecule has 0 saturated carbocycles. The summed E-state index contributed by atoms with van der Waals surface area (Å²) in [5.74, 6) is 0.737. The Balaban J connectivity index is 2.02. The van der Waals surface area contributed by atoms with Gasteiger partial charge in [-0.2, -0.15) is 4.98 Å². The maximum atomic E-state index is 5.44. The van der Waals surface area contributed by atoms with E-state index >= 15 is 0 Å². The summed E-state index contributed by atoms with van der Waals surface area (Å²) in [6.07, 6.45) is 1.06. The first kappa shape index (κ1) is 8.87. The van der Waals surface area contributed by atoms with Crippen molar-refractivity contribution >= 4 is 17.3 Å². The molecule has 3 rings (SSSR count). The Morgan fingerprint density at radius 3 is 3.33 bits per heavy atom. The number of nitrogens with two attached hydrogens (primary N) is 1. The molecule has 6 heteroatoms. The molecule has 0 aromatic carbocycles. The van der Waals surface area contributed by atoms with E-state index in [0.717, 1.165) is 13.0 Å². The van der Waals surface area contributed by atoms with Crippen LogP contribution in [0.4, 0.5) is 5.95 Å². The molecule has 1 aliphatic heterocycles. The smallest absolute Gasteiger partial charge is 0.260 e. The Kier molecular flexibility index (Phi) is 1.96. The van der Waals surface area contributed by atoms with E-state index in [9.17, 15) is 0 Å². The van der Waals surface area contributed by atoms with Gasteiger partial charge in [0.05, 0.1) is 0 Å². The van der Waals surface area contributed by atoms with Gasteiger partial charge in [0.25, 0.3) is 5.95 Å². The fourth-order valence-electron chi connectivity index (χ4n) is 1.84. The first-order chi connectivity index (χ1) is 7.34. The average Bonchev–Trinajstić information content (AvgIpc) is 2.84. The van der Waals surface area contributed by atoms with Gasteiger partial charge in [-0.1, -0.05) is 0 Å². The maximum absolute atomic E-state index is 5.44. The normalized spacial score (nSPS) is 20.1. The molecule has 0 fully saturated rings. The van der Waals surface area contributed by atoms with Crippen molar-refractivity contribution < 1.29 is 4.52 Å². The zero-order valence-electron chi connectivity index (χ0n) is 7.93. The molecule has 5 nitrogen and oxygen atoms in total. The molecule has 0 aliphatic carbocycles. The molecule has 3 N–H and O–H groups in total. The molecule has 2 aromatic heterocycles. The van der Waals surface area contributed by atoms with Crippen molar-refractivity contribution in [3.63, 3.8) is 0 Å². The number of hydrogen-bond acceptors (Lipinski definition) is 6. The lowest BCUT2D eigenvalue weighted by molar-refractivity contribution is 0.345. The number of hydrogen-bond donors (Lipinski definition) is 2. The van der Waals surface area contributed by atoms with E-state index in [1.165, 1.54) is 10.4 Å². The number of aromatic nitrogens is 2. The van der Waals surface area contributed by atoms with Crippen molar-refractivity contribution in [2.24, 2.45) is 0 Å². The van der Waals surface area contributed by atoms with Crippen molar-refractivity contribution in [1.82, 2.24) is 15.5 Å². The molecule has 0 amide bonds. The van der Waals surface area contributed by atoms with Crippen LogP contribution in [0.3, 0.4) is 0 Å². The summed E-state index contributed by atoms with van der Waals surface area (Å²) in [5, 5.41) is 9.04. The molecule has 0 radical (unpaired) electrons. The minimum Gasteiger partial charge on any atom is -0.365 e. The van der Waals surface area contributed by atoms with Gasteiger partial charge in [-0.15, -0.1) is 11.3 Å². The van der Waals surface area contributed by atoms with Gasteiger partial charge in [0.2, 0.25) is 5.89 Å². The predicted octanol–water partition coefficient (Wildman–Crippen LogP) is 0.948. The lowest BCUT2D eigenvalue weighted by Crippen LogP contribution is -2.29. The summed E-state index contributed by atoms with van der Waals surface area (Å²) in [6.45, 7) is 0.931. The topological polar surface area (TPSA) is 77.0 Å². The van der Waals surface area contributed by atoms with Crippen LogP contribution in [0.1, 0.15) is 22.4 Å². The molecule has 0 spiro atoms. The van der Waals surface area contributed by atoms with Gasteiger partial charge in [-0.25, -0.2) is 0 Å². The minimum absolute atomic E-state index is 0.00444. The quantitative estimate of drug-likeness (QED) is 0.751. The predicted molar refractivity (Wildman–Crippen MR) is 56.6 cm³/mol. The van der Waals surface area contributed by atoms with Crippen LogP contribution in [0.2, 0.25) is 0 Å². The molecule has 2 aromatic rings.